The number of hydrogen-bond donors (Lipinski definition) is 0. The quantitative estimate of drug-likeness (QED) is 0.277. The number of fused-ring (bicyclic) bond motifs is 2. The summed E-state index contributed by atoms with van der Waals surface area (Å²) in [5.74, 6) is -0.119. The fourth-order valence-corrected chi connectivity index (χ4v) is 4.22. The van der Waals surface area contributed by atoms with Gasteiger partial charge in [-0.2, -0.15) is 5.26 Å². The lowest BCUT2D eigenvalue weighted by Gasteiger charge is -2.09. The fourth-order valence-electron chi connectivity index (χ4n) is 4.06. The predicted octanol–water partition coefficient (Wildman–Crippen LogP) is 7.69. The van der Waals surface area contributed by atoms with Crippen LogP contribution in [0.25, 0.3) is 34.0 Å². The van der Waals surface area contributed by atoms with Gasteiger partial charge in [0, 0.05) is 28.7 Å². The van der Waals surface area contributed by atoms with Gasteiger partial charge in [-0.3, -0.25) is 0 Å². The summed E-state index contributed by atoms with van der Waals surface area (Å²) in [7, 11) is 0. The first-order valence-electron chi connectivity index (χ1n) is 10.9. The Kier molecular flexibility index (Phi) is 5.69. The van der Waals surface area contributed by atoms with Crippen molar-refractivity contribution in [3.8, 4) is 6.07 Å². The maximum atomic E-state index is 9.27. The average Bonchev–Trinajstić information content (AvgIpc) is 3.24. The van der Waals surface area contributed by atoms with Gasteiger partial charge in [-0.15, -0.1) is 0 Å². The van der Waals surface area contributed by atoms with Gasteiger partial charge in [0.15, 0.2) is 0 Å². The molecule has 5 aromatic rings. The third-order valence-electron chi connectivity index (χ3n) is 5.92. The molecule has 0 amide bonds. The van der Waals surface area contributed by atoms with Gasteiger partial charge in [0.2, 0.25) is 0 Å². The van der Waals surface area contributed by atoms with Crippen molar-refractivity contribution in [2.45, 2.75) is 19.4 Å². The van der Waals surface area contributed by atoms with Crippen LogP contribution in [0.2, 0.25) is 5.02 Å². The lowest BCUT2D eigenvalue weighted by molar-refractivity contribution is 0.835. The Balaban J connectivity index is 1.39. The summed E-state index contributed by atoms with van der Waals surface area (Å²) in [6.07, 6.45) is 6.22. The van der Waals surface area contributed by atoms with Gasteiger partial charge in [0.05, 0.1) is 23.2 Å². The third kappa shape index (κ3) is 4.53. The van der Waals surface area contributed by atoms with Crippen LogP contribution in [0, 0.1) is 11.3 Å². The molecule has 33 heavy (non-hydrogen) atoms. The van der Waals surface area contributed by atoms with Crippen molar-refractivity contribution in [3.05, 3.63) is 112 Å². The number of hydrogen-bond acceptors (Lipinski definition) is 2. The van der Waals surface area contributed by atoms with Crippen molar-refractivity contribution in [2.24, 2.45) is 0 Å². The molecule has 0 radical (unpaired) electrons. The molecule has 2 aromatic heterocycles. The lowest BCUT2D eigenvalue weighted by Crippen LogP contribution is -1.99. The highest BCUT2D eigenvalue weighted by Crippen LogP contribution is 2.24. The van der Waals surface area contributed by atoms with E-state index in [1.807, 2.05) is 43.3 Å². The van der Waals surface area contributed by atoms with Crippen molar-refractivity contribution in [3.63, 3.8) is 0 Å². The van der Waals surface area contributed by atoms with E-state index in [9.17, 15) is 5.26 Å². The van der Waals surface area contributed by atoms with Crippen LogP contribution in [0.3, 0.4) is 0 Å². The number of benzene rings is 3. The molecule has 3 nitrogen and oxygen atoms in total. The lowest BCUT2D eigenvalue weighted by atomic mass is 10.0. The van der Waals surface area contributed by atoms with Gasteiger partial charge in [-0.1, -0.05) is 60.1 Å². The van der Waals surface area contributed by atoms with E-state index in [1.54, 1.807) is 0 Å². The molecule has 0 N–H and O–H groups in total. The molecule has 0 saturated heterocycles. The monoisotopic (exact) mass is 447 g/mol. The van der Waals surface area contributed by atoms with Crippen molar-refractivity contribution >= 4 is 45.6 Å². The average molecular weight is 448 g/mol. The van der Waals surface area contributed by atoms with Gasteiger partial charge in [-0.25, -0.2) is 4.98 Å². The van der Waals surface area contributed by atoms with Crippen LogP contribution in [-0.4, -0.2) is 9.55 Å². The minimum atomic E-state index is -0.119. The van der Waals surface area contributed by atoms with Crippen LogP contribution < -0.4 is 0 Å². The first-order chi connectivity index (χ1) is 16.1. The van der Waals surface area contributed by atoms with E-state index < -0.39 is 0 Å². The zero-order valence-corrected chi connectivity index (χ0v) is 19.0. The highest BCUT2D eigenvalue weighted by molar-refractivity contribution is 6.31. The normalized spacial score (nSPS) is 12.4. The molecule has 1 unspecified atom stereocenters. The molecule has 0 aliphatic rings. The molecule has 4 heteroatoms. The fraction of sp³-hybridized carbons (Fsp3) is 0.103. The van der Waals surface area contributed by atoms with Crippen molar-refractivity contribution < 1.29 is 0 Å². The highest BCUT2D eigenvalue weighted by Gasteiger charge is 2.08. The first kappa shape index (κ1) is 21.0. The van der Waals surface area contributed by atoms with Crippen molar-refractivity contribution in [1.82, 2.24) is 9.55 Å². The van der Waals surface area contributed by atoms with E-state index in [1.165, 1.54) is 10.9 Å². The third-order valence-corrected chi connectivity index (χ3v) is 6.15. The van der Waals surface area contributed by atoms with Crippen LogP contribution in [0.1, 0.15) is 35.2 Å². The van der Waals surface area contributed by atoms with Crippen LogP contribution in [-0.2, 0) is 6.54 Å². The van der Waals surface area contributed by atoms with Crippen LogP contribution >= 0.6 is 11.6 Å². The summed E-state index contributed by atoms with van der Waals surface area (Å²) in [5, 5.41) is 12.2. The number of aromatic nitrogens is 2. The standard InChI is InChI=1S/C29H22ClN3/c1-20(18-31)25-7-6-24-13-14-33(29(24)16-25)19-22-4-2-3-21(15-22)5-11-27-12-9-23-8-10-26(30)17-28(23)32-27/h2-17,20H,19H2,1H3. The number of nitriles is 1. The Morgan fingerprint density at radius 2 is 1.82 bits per heavy atom. The SMILES string of the molecule is CC(C#N)c1ccc2ccn(Cc3cccc(C=Cc4ccc5ccc(Cl)cc5n4)c3)c2c1. The molecule has 1 atom stereocenters. The summed E-state index contributed by atoms with van der Waals surface area (Å²) in [4.78, 5) is 4.70. The van der Waals surface area contributed by atoms with Crippen LogP contribution in [0.4, 0.5) is 0 Å². The second-order valence-electron chi connectivity index (χ2n) is 8.26. The van der Waals surface area contributed by atoms with Gasteiger partial charge < -0.3 is 4.57 Å². The van der Waals surface area contributed by atoms with Gasteiger partial charge in [-0.05, 0) is 71.5 Å². The number of rotatable bonds is 5. The smallest absolute Gasteiger partial charge is 0.0724 e. The maximum absolute atomic E-state index is 9.27. The molecule has 160 valence electrons. The number of nitrogens with zero attached hydrogens (tertiary/aromatic N) is 3. The Labute approximate surface area is 198 Å². The Morgan fingerprint density at radius 3 is 2.70 bits per heavy atom. The van der Waals surface area contributed by atoms with E-state index in [-0.39, 0.29) is 5.92 Å². The molecule has 5 rings (SSSR count). The van der Waals surface area contributed by atoms with Gasteiger partial charge in [0.1, 0.15) is 0 Å². The molecule has 2 heterocycles. The summed E-state index contributed by atoms with van der Waals surface area (Å²) in [5.41, 5.74) is 6.32. The number of pyridine rings is 1. The molecule has 0 saturated carbocycles. The molecule has 0 aliphatic heterocycles. The van der Waals surface area contributed by atoms with E-state index in [0.29, 0.717) is 5.02 Å². The molecule has 0 aliphatic carbocycles. The van der Waals surface area contributed by atoms with Crippen molar-refractivity contribution in [1.29, 1.82) is 5.26 Å². The second-order valence-corrected chi connectivity index (χ2v) is 8.70. The first-order valence-corrected chi connectivity index (χ1v) is 11.3. The van der Waals surface area contributed by atoms with Gasteiger partial charge >= 0.3 is 0 Å². The summed E-state index contributed by atoms with van der Waals surface area (Å²) < 4.78 is 2.24. The molecular weight excluding hydrogens is 426 g/mol. The minimum Gasteiger partial charge on any atom is -0.343 e. The topological polar surface area (TPSA) is 41.6 Å². The molecular formula is C29H22ClN3. The Hall–Kier alpha value is -3.87. The van der Waals surface area contributed by atoms with Gasteiger partial charge in [0.25, 0.3) is 0 Å². The van der Waals surface area contributed by atoms with Crippen LogP contribution in [0.5, 0.6) is 0 Å². The minimum absolute atomic E-state index is 0.119. The molecule has 3 aromatic carbocycles. The molecule has 0 fully saturated rings. The maximum Gasteiger partial charge on any atom is 0.0724 e. The number of halogens is 1. The summed E-state index contributed by atoms with van der Waals surface area (Å²) in [6, 6.07) is 29.1. The Bertz CT molecular complexity index is 1540. The summed E-state index contributed by atoms with van der Waals surface area (Å²) >= 11 is 6.11. The van der Waals surface area contributed by atoms with E-state index in [2.05, 4.69) is 71.4 Å². The molecule has 0 bridgehead atoms. The molecule has 0 spiro atoms. The largest absolute Gasteiger partial charge is 0.343 e. The zero-order chi connectivity index (χ0) is 22.8. The van der Waals surface area contributed by atoms with E-state index >= 15 is 0 Å². The predicted molar refractivity (Wildman–Crippen MR) is 137 cm³/mol. The Morgan fingerprint density at radius 1 is 0.970 bits per heavy atom. The zero-order valence-electron chi connectivity index (χ0n) is 18.2. The highest BCUT2D eigenvalue weighted by atomic mass is 35.5. The summed E-state index contributed by atoms with van der Waals surface area (Å²) in [6.45, 7) is 2.70. The van der Waals surface area contributed by atoms with Crippen molar-refractivity contribution in [2.75, 3.05) is 0 Å². The second kappa shape index (κ2) is 8.94. The van der Waals surface area contributed by atoms with Crippen LogP contribution in [0.15, 0.2) is 85.1 Å². The van der Waals surface area contributed by atoms with E-state index in [4.69, 9.17) is 16.6 Å². The van der Waals surface area contributed by atoms with E-state index in [0.717, 1.165) is 39.8 Å².